The Bertz CT molecular complexity index is 1390. The molecule has 1 aromatic heterocycles. The lowest BCUT2D eigenvalue weighted by molar-refractivity contribution is -0.153. The molecule has 0 unspecified atom stereocenters. The summed E-state index contributed by atoms with van der Waals surface area (Å²) in [6, 6.07) is 4.28. The van der Waals surface area contributed by atoms with Gasteiger partial charge in [-0.15, -0.1) is 0 Å². The Kier molecular flexibility index (Phi) is 6.91. The summed E-state index contributed by atoms with van der Waals surface area (Å²) < 4.78 is 105. The third-order valence-electron chi connectivity index (χ3n) is 6.13. The Morgan fingerprint density at radius 1 is 1.21 bits per heavy atom. The molecule has 1 aromatic carbocycles. The average molecular weight is 568 g/mol. The van der Waals surface area contributed by atoms with Gasteiger partial charge in [0.25, 0.3) is 5.91 Å². The van der Waals surface area contributed by atoms with E-state index in [9.17, 15) is 44.3 Å². The molecule has 208 valence electrons. The van der Waals surface area contributed by atoms with Crippen LogP contribution in [0.3, 0.4) is 0 Å². The quantitative estimate of drug-likeness (QED) is 0.496. The summed E-state index contributed by atoms with van der Waals surface area (Å²) in [5.41, 5.74) is -0.605. The number of sulfone groups is 1. The summed E-state index contributed by atoms with van der Waals surface area (Å²) >= 11 is 0. The molecule has 38 heavy (non-hydrogen) atoms. The van der Waals surface area contributed by atoms with E-state index >= 15 is 0 Å². The van der Waals surface area contributed by atoms with Crippen LogP contribution in [0.25, 0.3) is 0 Å². The molecule has 0 saturated carbocycles. The minimum Gasteiger partial charge on any atom is -0.484 e. The van der Waals surface area contributed by atoms with Crippen LogP contribution >= 0.6 is 0 Å². The van der Waals surface area contributed by atoms with Crippen LogP contribution in [0.2, 0.25) is 0 Å². The van der Waals surface area contributed by atoms with Gasteiger partial charge in [0.2, 0.25) is 5.91 Å². The minimum atomic E-state index is -4.56. The Morgan fingerprint density at radius 2 is 1.92 bits per heavy atom. The number of ether oxygens (including phenoxy) is 1. The van der Waals surface area contributed by atoms with E-state index in [4.69, 9.17) is 4.74 Å². The van der Waals surface area contributed by atoms with Crippen LogP contribution in [0.1, 0.15) is 40.2 Å². The Balaban J connectivity index is 1.66. The smallest absolute Gasteiger partial charge is 0.422 e. The first kappa shape index (κ1) is 27.7. The molecule has 0 fully saturated rings. The first-order valence-electron chi connectivity index (χ1n) is 11.2. The van der Waals surface area contributed by atoms with Crippen molar-refractivity contribution in [3.8, 4) is 5.75 Å². The topological polar surface area (TPSA) is 119 Å². The van der Waals surface area contributed by atoms with Gasteiger partial charge in [0.1, 0.15) is 17.2 Å². The summed E-state index contributed by atoms with van der Waals surface area (Å²) in [7, 11) is -3.77. The molecule has 2 aliphatic rings. The third-order valence-corrected chi connectivity index (χ3v) is 6.92. The van der Waals surface area contributed by atoms with Crippen LogP contribution in [0, 0.1) is 0 Å². The number of aromatic nitrogens is 2. The SMILES string of the molecule is CS(=O)(=O)CC(=O)Nc1c(CCC(F)(F)F)nn2c1C(=O)N[C@@]1(CCc3cc(OCC(F)(F)F)ccc31)C2. The normalized spacial score (nSPS) is 19.2. The highest BCUT2D eigenvalue weighted by Gasteiger charge is 2.46. The fourth-order valence-electron chi connectivity index (χ4n) is 4.68. The molecule has 0 radical (unpaired) electrons. The molecule has 0 saturated heterocycles. The average Bonchev–Trinajstić information content (AvgIpc) is 3.26. The van der Waals surface area contributed by atoms with Crippen molar-refractivity contribution in [2.75, 3.05) is 23.9 Å². The van der Waals surface area contributed by atoms with Crippen molar-refractivity contribution in [2.24, 2.45) is 0 Å². The molecule has 9 nitrogen and oxygen atoms in total. The van der Waals surface area contributed by atoms with E-state index in [1.165, 1.54) is 22.9 Å². The van der Waals surface area contributed by atoms with E-state index in [-0.39, 0.29) is 29.4 Å². The van der Waals surface area contributed by atoms with Crippen molar-refractivity contribution in [3.63, 3.8) is 0 Å². The number of alkyl halides is 6. The van der Waals surface area contributed by atoms with Crippen LogP contribution in [0.15, 0.2) is 18.2 Å². The summed E-state index contributed by atoms with van der Waals surface area (Å²) in [4.78, 5) is 25.5. The largest absolute Gasteiger partial charge is 0.484 e. The number of hydrogen-bond acceptors (Lipinski definition) is 6. The van der Waals surface area contributed by atoms with Gasteiger partial charge >= 0.3 is 12.4 Å². The second kappa shape index (κ2) is 9.47. The number of benzene rings is 1. The highest BCUT2D eigenvalue weighted by molar-refractivity contribution is 7.91. The Morgan fingerprint density at radius 3 is 2.55 bits per heavy atom. The maximum absolute atomic E-state index is 13.2. The number of carbonyl (C=O) groups excluding carboxylic acids is 2. The number of aryl methyl sites for hydroxylation is 2. The van der Waals surface area contributed by atoms with Crippen LogP contribution < -0.4 is 15.4 Å². The zero-order chi connectivity index (χ0) is 28.1. The number of carbonyl (C=O) groups is 2. The van der Waals surface area contributed by atoms with Gasteiger partial charge in [-0.1, -0.05) is 6.07 Å². The number of nitrogens with one attached hydrogen (secondary N) is 2. The first-order chi connectivity index (χ1) is 17.4. The van der Waals surface area contributed by atoms with E-state index < -0.39 is 64.7 Å². The lowest BCUT2D eigenvalue weighted by atomic mass is 9.89. The lowest BCUT2D eigenvalue weighted by Gasteiger charge is -2.36. The van der Waals surface area contributed by atoms with Gasteiger partial charge < -0.3 is 15.4 Å². The lowest BCUT2D eigenvalue weighted by Crippen LogP contribution is -2.52. The van der Waals surface area contributed by atoms with Crippen molar-refractivity contribution in [3.05, 3.63) is 40.7 Å². The molecule has 1 aliphatic carbocycles. The molecule has 2 heterocycles. The first-order valence-corrected chi connectivity index (χ1v) is 13.3. The van der Waals surface area contributed by atoms with Gasteiger partial charge in [-0.3, -0.25) is 14.3 Å². The fourth-order valence-corrected chi connectivity index (χ4v) is 5.23. The standard InChI is InChI=1S/C22H22F6N4O5S/c1-38(35,36)9-16(33)29-17-15(5-7-21(23,24)25)31-32-10-20(30-19(34)18(17)32)6-4-12-8-13(2-3-14(12)20)37-11-22(26,27)28/h2-3,8H,4-7,9-11H2,1H3,(H,29,33)(H,30,34)/t20-/m0/s1. The van der Waals surface area contributed by atoms with Crippen molar-refractivity contribution in [2.45, 2.75) is 50.1 Å². The maximum atomic E-state index is 13.2. The van der Waals surface area contributed by atoms with Crippen LogP contribution in [-0.4, -0.2) is 61.0 Å². The van der Waals surface area contributed by atoms with Gasteiger partial charge in [0.15, 0.2) is 16.4 Å². The van der Waals surface area contributed by atoms with Crippen LogP contribution in [0.4, 0.5) is 32.0 Å². The van der Waals surface area contributed by atoms with Gasteiger partial charge in [-0.05, 0) is 36.1 Å². The number of halogens is 6. The molecule has 2 N–H and O–H groups in total. The number of nitrogens with zero attached hydrogens (tertiary/aromatic N) is 2. The van der Waals surface area contributed by atoms with Crippen LogP contribution in [0.5, 0.6) is 5.75 Å². The van der Waals surface area contributed by atoms with Crippen molar-refractivity contribution < 1.29 is 49.1 Å². The molecule has 2 aromatic rings. The molecule has 2 amide bonds. The zero-order valence-electron chi connectivity index (χ0n) is 19.8. The number of hydrogen-bond donors (Lipinski definition) is 2. The van der Waals surface area contributed by atoms with E-state index in [0.29, 0.717) is 24.0 Å². The Labute approximate surface area is 212 Å². The van der Waals surface area contributed by atoms with E-state index in [1.807, 2.05) is 0 Å². The molecule has 4 rings (SSSR count). The van der Waals surface area contributed by atoms with Gasteiger partial charge in [0.05, 0.1) is 23.5 Å². The van der Waals surface area contributed by atoms with Crippen molar-refractivity contribution in [1.29, 1.82) is 0 Å². The predicted octanol–water partition coefficient (Wildman–Crippen LogP) is 2.89. The van der Waals surface area contributed by atoms with Gasteiger partial charge in [-0.25, -0.2) is 8.42 Å². The van der Waals surface area contributed by atoms with Gasteiger partial charge in [0, 0.05) is 19.1 Å². The summed E-state index contributed by atoms with van der Waals surface area (Å²) in [6.45, 7) is -1.51. The van der Waals surface area contributed by atoms with E-state index in [1.54, 1.807) is 0 Å². The summed E-state index contributed by atoms with van der Waals surface area (Å²) in [6.07, 6.45) is -9.55. The van der Waals surface area contributed by atoms with Crippen molar-refractivity contribution >= 4 is 27.3 Å². The molecular formula is C22H22F6N4O5S. The second-order valence-electron chi connectivity index (χ2n) is 9.32. The van der Waals surface area contributed by atoms with Crippen LogP contribution in [-0.2, 0) is 39.6 Å². The summed E-state index contributed by atoms with van der Waals surface area (Å²) in [5, 5.41) is 9.21. The molecule has 1 atom stereocenters. The number of rotatable bonds is 7. The monoisotopic (exact) mass is 568 g/mol. The zero-order valence-corrected chi connectivity index (χ0v) is 20.6. The number of fused-ring (bicyclic) bond motifs is 3. The minimum absolute atomic E-state index is 0.00893. The maximum Gasteiger partial charge on any atom is 0.422 e. The molecule has 16 heteroatoms. The number of anilines is 1. The Hall–Kier alpha value is -3.30. The number of amides is 2. The molecular weight excluding hydrogens is 546 g/mol. The third kappa shape index (κ3) is 6.22. The van der Waals surface area contributed by atoms with E-state index in [0.717, 1.165) is 6.26 Å². The molecule has 1 aliphatic heterocycles. The highest BCUT2D eigenvalue weighted by atomic mass is 32.2. The second-order valence-corrected chi connectivity index (χ2v) is 11.5. The predicted molar refractivity (Wildman–Crippen MR) is 120 cm³/mol. The fraction of sp³-hybridized carbons (Fsp3) is 0.500. The molecule has 0 bridgehead atoms. The van der Waals surface area contributed by atoms with Crippen molar-refractivity contribution in [1.82, 2.24) is 15.1 Å². The van der Waals surface area contributed by atoms with E-state index in [2.05, 4.69) is 15.7 Å². The highest BCUT2D eigenvalue weighted by Crippen LogP contribution is 2.43. The summed E-state index contributed by atoms with van der Waals surface area (Å²) in [5.74, 6) is -2.76. The molecule has 1 spiro atoms. The van der Waals surface area contributed by atoms with Gasteiger partial charge in [-0.2, -0.15) is 31.4 Å².